The minimum absolute atomic E-state index is 0.0112. The van der Waals surface area contributed by atoms with Crippen LogP contribution < -0.4 is 11.1 Å². The second-order valence-corrected chi connectivity index (χ2v) is 8.13. The number of hydrogen-bond donors (Lipinski definition) is 2. The Labute approximate surface area is 142 Å². The van der Waals surface area contributed by atoms with Gasteiger partial charge in [0, 0.05) is 32.1 Å². The van der Waals surface area contributed by atoms with Gasteiger partial charge in [-0.2, -0.15) is 0 Å². The third kappa shape index (κ3) is 2.90. The quantitative estimate of drug-likeness (QED) is 0.746. The van der Waals surface area contributed by atoms with E-state index < -0.39 is 5.54 Å². The molecule has 0 radical (unpaired) electrons. The molecular weight excluding hydrogens is 308 g/mol. The van der Waals surface area contributed by atoms with Gasteiger partial charge >= 0.3 is 6.03 Å². The second-order valence-electron chi connectivity index (χ2n) is 8.13. The molecule has 3 aliphatic rings. The first-order chi connectivity index (χ1) is 11.3. The summed E-state index contributed by atoms with van der Waals surface area (Å²) in [6.07, 6.45) is 4.30. The SMILES string of the molecule is CC1(C)CN(C(=O)CCN2C(=O)NC3(CCCC3)C2=O)CCC1N. The number of nitrogens with two attached hydrogens (primary N) is 1. The molecular formula is C17H28N4O3. The average molecular weight is 336 g/mol. The Kier molecular flexibility index (Phi) is 4.32. The van der Waals surface area contributed by atoms with Crippen molar-refractivity contribution in [3.8, 4) is 0 Å². The highest BCUT2D eigenvalue weighted by Crippen LogP contribution is 2.35. The molecule has 1 atom stereocenters. The van der Waals surface area contributed by atoms with E-state index in [0.29, 0.717) is 25.9 Å². The maximum atomic E-state index is 12.6. The first-order valence-corrected chi connectivity index (χ1v) is 8.93. The molecule has 7 heteroatoms. The van der Waals surface area contributed by atoms with Crippen LogP contribution in [0.15, 0.2) is 0 Å². The topological polar surface area (TPSA) is 95.7 Å². The maximum Gasteiger partial charge on any atom is 0.325 e. The van der Waals surface area contributed by atoms with Crippen LogP contribution in [0.2, 0.25) is 0 Å². The van der Waals surface area contributed by atoms with Gasteiger partial charge in [-0.1, -0.05) is 26.7 Å². The first kappa shape index (κ1) is 17.2. The van der Waals surface area contributed by atoms with Crippen LogP contribution in [0.3, 0.4) is 0 Å². The number of hydrogen-bond acceptors (Lipinski definition) is 4. The number of imide groups is 1. The number of amides is 4. The number of carbonyl (C=O) groups is 3. The molecule has 0 bridgehead atoms. The normalized spacial score (nSPS) is 28.5. The van der Waals surface area contributed by atoms with E-state index in [2.05, 4.69) is 19.2 Å². The molecule has 7 nitrogen and oxygen atoms in total. The predicted molar refractivity (Wildman–Crippen MR) is 89.0 cm³/mol. The molecule has 2 saturated heterocycles. The molecule has 3 rings (SSSR count). The highest BCUT2D eigenvalue weighted by atomic mass is 16.2. The fourth-order valence-electron chi connectivity index (χ4n) is 4.15. The summed E-state index contributed by atoms with van der Waals surface area (Å²) in [5.74, 6) is -0.165. The van der Waals surface area contributed by atoms with Crippen molar-refractivity contribution >= 4 is 17.8 Å². The van der Waals surface area contributed by atoms with Gasteiger partial charge in [0.05, 0.1) is 0 Å². The van der Waals surface area contributed by atoms with Crippen molar-refractivity contribution in [2.75, 3.05) is 19.6 Å². The van der Waals surface area contributed by atoms with Crippen LogP contribution in [0.1, 0.15) is 52.4 Å². The molecule has 1 saturated carbocycles. The predicted octanol–water partition coefficient (Wildman–Crippen LogP) is 0.827. The van der Waals surface area contributed by atoms with Crippen LogP contribution >= 0.6 is 0 Å². The van der Waals surface area contributed by atoms with Crippen molar-refractivity contribution in [1.82, 2.24) is 15.1 Å². The van der Waals surface area contributed by atoms with Crippen molar-refractivity contribution in [1.29, 1.82) is 0 Å². The summed E-state index contributed by atoms with van der Waals surface area (Å²) in [7, 11) is 0. The lowest BCUT2D eigenvalue weighted by atomic mass is 9.79. The minimum atomic E-state index is -0.694. The third-order valence-corrected chi connectivity index (χ3v) is 5.92. The fraction of sp³-hybridized carbons (Fsp3) is 0.824. The molecule has 134 valence electrons. The van der Waals surface area contributed by atoms with Gasteiger partial charge in [-0.3, -0.25) is 14.5 Å². The van der Waals surface area contributed by atoms with Crippen LogP contribution in [0.4, 0.5) is 4.79 Å². The maximum absolute atomic E-state index is 12.6. The average Bonchev–Trinajstić information content (AvgIpc) is 3.07. The fourth-order valence-corrected chi connectivity index (χ4v) is 4.15. The van der Waals surface area contributed by atoms with Gasteiger partial charge in [-0.25, -0.2) is 4.79 Å². The van der Waals surface area contributed by atoms with E-state index in [4.69, 9.17) is 5.73 Å². The summed E-state index contributed by atoms with van der Waals surface area (Å²) in [5.41, 5.74) is 5.30. The standard InChI is InChI=1S/C17H28N4O3/c1-16(2)11-20(9-5-12(16)18)13(22)6-10-21-14(23)17(19-15(21)24)7-3-4-8-17/h12H,3-11,18H2,1-2H3,(H,19,24). The molecule has 0 aromatic rings. The molecule has 0 aromatic heterocycles. The van der Waals surface area contributed by atoms with E-state index >= 15 is 0 Å². The molecule has 1 spiro atoms. The van der Waals surface area contributed by atoms with Crippen LogP contribution in [0.5, 0.6) is 0 Å². The number of nitrogens with zero attached hydrogens (tertiary/aromatic N) is 2. The minimum Gasteiger partial charge on any atom is -0.342 e. The summed E-state index contributed by atoms with van der Waals surface area (Å²) < 4.78 is 0. The number of piperidine rings is 1. The molecule has 3 N–H and O–H groups in total. The second kappa shape index (κ2) is 6.02. The number of nitrogens with one attached hydrogen (secondary N) is 1. The summed E-state index contributed by atoms with van der Waals surface area (Å²) >= 11 is 0. The monoisotopic (exact) mass is 336 g/mol. The van der Waals surface area contributed by atoms with E-state index in [9.17, 15) is 14.4 Å². The van der Waals surface area contributed by atoms with Crippen molar-refractivity contribution in [3.05, 3.63) is 0 Å². The summed E-state index contributed by atoms with van der Waals surface area (Å²) in [5, 5.41) is 2.85. The Hall–Kier alpha value is -1.63. The van der Waals surface area contributed by atoms with Crippen LogP contribution in [-0.2, 0) is 9.59 Å². The summed E-state index contributed by atoms with van der Waals surface area (Å²) in [6, 6.07) is -0.259. The van der Waals surface area contributed by atoms with Crippen LogP contribution in [-0.4, -0.2) is 58.9 Å². The zero-order valence-corrected chi connectivity index (χ0v) is 14.6. The highest BCUT2D eigenvalue weighted by Gasteiger charge is 2.52. The van der Waals surface area contributed by atoms with Gasteiger partial charge in [-0.15, -0.1) is 0 Å². The molecule has 2 aliphatic heterocycles. The molecule has 2 heterocycles. The van der Waals surface area contributed by atoms with Crippen molar-refractivity contribution in [3.63, 3.8) is 0 Å². The number of carbonyl (C=O) groups excluding carboxylic acids is 3. The van der Waals surface area contributed by atoms with Gasteiger partial charge in [0.15, 0.2) is 0 Å². The largest absolute Gasteiger partial charge is 0.342 e. The Morgan fingerprint density at radius 3 is 2.58 bits per heavy atom. The molecule has 1 unspecified atom stereocenters. The van der Waals surface area contributed by atoms with Gasteiger partial charge < -0.3 is 16.0 Å². The Morgan fingerprint density at radius 1 is 1.29 bits per heavy atom. The van der Waals surface area contributed by atoms with E-state index in [-0.39, 0.29) is 42.3 Å². The number of rotatable bonds is 3. The van der Waals surface area contributed by atoms with E-state index in [1.807, 2.05) is 4.90 Å². The molecule has 3 fully saturated rings. The molecule has 24 heavy (non-hydrogen) atoms. The Morgan fingerprint density at radius 2 is 1.96 bits per heavy atom. The Balaban J connectivity index is 1.57. The highest BCUT2D eigenvalue weighted by molar-refractivity contribution is 6.07. The van der Waals surface area contributed by atoms with E-state index in [1.54, 1.807) is 0 Å². The van der Waals surface area contributed by atoms with Crippen molar-refractivity contribution in [2.45, 2.75) is 64.0 Å². The van der Waals surface area contributed by atoms with Crippen molar-refractivity contribution < 1.29 is 14.4 Å². The smallest absolute Gasteiger partial charge is 0.325 e. The number of urea groups is 1. The van der Waals surface area contributed by atoms with E-state index in [1.165, 1.54) is 4.90 Å². The lowest BCUT2D eigenvalue weighted by Crippen LogP contribution is -2.54. The molecule has 0 aromatic carbocycles. The Bertz CT molecular complexity index is 554. The van der Waals surface area contributed by atoms with Crippen LogP contribution in [0.25, 0.3) is 0 Å². The van der Waals surface area contributed by atoms with Gasteiger partial charge in [0.25, 0.3) is 5.91 Å². The number of likely N-dealkylation sites (tertiary alicyclic amines) is 1. The first-order valence-electron chi connectivity index (χ1n) is 8.93. The summed E-state index contributed by atoms with van der Waals surface area (Å²) in [6.45, 7) is 5.57. The van der Waals surface area contributed by atoms with Crippen LogP contribution in [0, 0.1) is 5.41 Å². The molecule has 4 amide bonds. The zero-order valence-electron chi connectivity index (χ0n) is 14.6. The van der Waals surface area contributed by atoms with Crippen molar-refractivity contribution in [2.24, 2.45) is 11.1 Å². The lowest BCUT2D eigenvalue weighted by Gasteiger charge is -2.42. The zero-order chi connectivity index (χ0) is 17.5. The van der Waals surface area contributed by atoms with Gasteiger partial charge in [0.2, 0.25) is 5.91 Å². The van der Waals surface area contributed by atoms with Gasteiger partial charge in [0.1, 0.15) is 5.54 Å². The van der Waals surface area contributed by atoms with Gasteiger partial charge in [-0.05, 0) is 24.7 Å². The molecule has 1 aliphatic carbocycles. The third-order valence-electron chi connectivity index (χ3n) is 5.92. The van der Waals surface area contributed by atoms with E-state index in [0.717, 1.165) is 19.3 Å². The lowest BCUT2D eigenvalue weighted by molar-refractivity contribution is -0.136. The summed E-state index contributed by atoms with van der Waals surface area (Å²) in [4.78, 5) is 40.2.